The minimum atomic E-state index is -0.00667. The molecule has 134 valence electrons. The molecular formula is C18H23BrN4O2. The van der Waals surface area contributed by atoms with Crippen LogP contribution in [0.2, 0.25) is 0 Å². The largest absolute Gasteiger partial charge is 0.379 e. The van der Waals surface area contributed by atoms with E-state index in [2.05, 4.69) is 37.3 Å². The maximum Gasteiger partial charge on any atom is 0.226 e. The molecule has 1 aromatic carbocycles. The van der Waals surface area contributed by atoms with Crippen LogP contribution in [0.25, 0.3) is 0 Å². The van der Waals surface area contributed by atoms with E-state index in [9.17, 15) is 4.79 Å². The van der Waals surface area contributed by atoms with Crippen molar-refractivity contribution in [3.8, 4) is 0 Å². The second-order valence-electron chi connectivity index (χ2n) is 6.21. The van der Waals surface area contributed by atoms with Crippen LogP contribution in [0.15, 0.2) is 34.9 Å². The van der Waals surface area contributed by atoms with E-state index in [0.29, 0.717) is 13.0 Å². The molecule has 7 heteroatoms. The molecule has 0 spiro atoms. The fourth-order valence-corrected chi connectivity index (χ4v) is 3.13. The molecule has 25 heavy (non-hydrogen) atoms. The third kappa shape index (κ3) is 5.39. The van der Waals surface area contributed by atoms with Crippen LogP contribution in [0.3, 0.4) is 0 Å². The smallest absolute Gasteiger partial charge is 0.226 e. The van der Waals surface area contributed by atoms with Gasteiger partial charge in [0.05, 0.1) is 23.4 Å². The summed E-state index contributed by atoms with van der Waals surface area (Å²) < 4.78 is 8.12. The van der Waals surface area contributed by atoms with Gasteiger partial charge in [-0.25, -0.2) is 0 Å². The van der Waals surface area contributed by atoms with E-state index in [0.717, 1.165) is 48.7 Å². The van der Waals surface area contributed by atoms with Crippen molar-refractivity contribution in [1.82, 2.24) is 14.7 Å². The summed E-state index contributed by atoms with van der Waals surface area (Å²) in [5.41, 5.74) is 2.97. The molecule has 0 radical (unpaired) electrons. The number of nitrogens with one attached hydrogen (secondary N) is 1. The maximum absolute atomic E-state index is 12.2. The number of nitrogens with zero attached hydrogens (tertiary/aromatic N) is 3. The van der Waals surface area contributed by atoms with Crippen LogP contribution in [0.1, 0.15) is 17.7 Å². The molecule has 0 unspecified atom stereocenters. The summed E-state index contributed by atoms with van der Waals surface area (Å²) in [5.74, 6) is -0.00667. The van der Waals surface area contributed by atoms with Crippen molar-refractivity contribution in [3.63, 3.8) is 0 Å². The van der Waals surface area contributed by atoms with Crippen LogP contribution in [-0.4, -0.2) is 46.9 Å². The molecule has 1 saturated heterocycles. The summed E-state index contributed by atoms with van der Waals surface area (Å²) in [6.45, 7) is 6.86. The Morgan fingerprint density at radius 3 is 2.88 bits per heavy atom. The molecule has 0 bridgehead atoms. The molecule has 3 rings (SSSR count). The van der Waals surface area contributed by atoms with Gasteiger partial charge in [-0.3, -0.25) is 14.4 Å². The van der Waals surface area contributed by atoms with E-state index in [4.69, 9.17) is 4.74 Å². The first-order chi connectivity index (χ1) is 12.1. The average Bonchev–Trinajstić information content (AvgIpc) is 2.92. The predicted molar refractivity (Wildman–Crippen MR) is 100 cm³/mol. The van der Waals surface area contributed by atoms with Crippen molar-refractivity contribution in [3.05, 3.63) is 46.2 Å². The SMILES string of the molecule is Cc1nn(CCC(=O)Nc2cccc(CN3CCOCC3)c2)cc1Br. The number of aryl methyl sites for hydroxylation is 2. The zero-order chi connectivity index (χ0) is 17.6. The minimum Gasteiger partial charge on any atom is -0.379 e. The van der Waals surface area contributed by atoms with Crippen molar-refractivity contribution in [2.75, 3.05) is 31.6 Å². The third-order valence-electron chi connectivity index (χ3n) is 4.18. The summed E-state index contributed by atoms with van der Waals surface area (Å²) in [5, 5.41) is 7.32. The van der Waals surface area contributed by atoms with E-state index >= 15 is 0 Å². The first-order valence-corrected chi connectivity index (χ1v) is 9.28. The van der Waals surface area contributed by atoms with Gasteiger partial charge in [0.15, 0.2) is 0 Å². The Hall–Kier alpha value is -1.70. The van der Waals surface area contributed by atoms with E-state index in [1.54, 1.807) is 4.68 Å². The number of ether oxygens (including phenoxy) is 1. The number of carbonyl (C=O) groups is 1. The number of aromatic nitrogens is 2. The molecule has 1 aromatic heterocycles. The van der Waals surface area contributed by atoms with Gasteiger partial charge < -0.3 is 10.1 Å². The van der Waals surface area contributed by atoms with Crippen molar-refractivity contribution >= 4 is 27.5 Å². The lowest BCUT2D eigenvalue weighted by Crippen LogP contribution is -2.35. The zero-order valence-corrected chi connectivity index (χ0v) is 16.0. The van der Waals surface area contributed by atoms with Crippen LogP contribution >= 0.6 is 15.9 Å². The number of hydrogen-bond acceptors (Lipinski definition) is 4. The Kier molecular flexibility index (Phi) is 6.23. The fraction of sp³-hybridized carbons (Fsp3) is 0.444. The molecule has 6 nitrogen and oxygen atoms in total. The summed E-state index contributed by atoms with van der Waals surface area (Å²) in [7, 11) is 0. The van der Waals surface area contributed by atoms with Gasteiger partial charge in [0, 0.05) is 44.5 Å². The first-order valence-electron chi connectivity index (χ1n) is 8.48. The van der Waals surface area contributed by atoms with Crippen molar-refractivity contribution < 1.29 is 9.53 Å². The molecule has 1 aliphatic rings. The van der Waals surface area contributed by atoms with Gasteiger partial charge in [0.1, 0.15) is 0 Å². The van der Waals surface area contributed by atoms with E-state index in [1.165, 1.54) is 5.56 Å². The number of anilines is 1. The van der Waals surface area contributed by atoms with E-state index < -0.39 is 0 Å². The van der Waals surface area contributed by atoms with Crippen molar-refractivity contribution in [2.45, 2.75) is 26.4 Å². The quantitative estimate of drug-likeness (QED) is 0.800. The number of amides is 1. The number of rotatable bonds is 6. The molecule has 0 aliphatic carbocycles. The average molecular weight is 407 g/mol. The molecule has 1 amide bonds. The normalized spacial score (nSPS) is 15.3. The summed E-state index contributed by atoms with van der Waals surface area (Å²) in [6.07, 6.45) is 2.28. The van der Waals surface area contributed by atoms with Gasteiger partial charge in [0.25, 0.3) is 0 Å². The van der Waals surface area contributed by atoms with Crippen LogP contribution in [0.5, 0.6) is 0 Å². The van der Waals surface area contributed by atoms with Crippen molar-refractivity contribution in [1.29, 1.82) is 0 Å². The first kappa shape index (κ1) is 18.1. The molecule has 2 heterocycles. The lowest BCUT2D eigenvalue weighted by molar-refractivity contribution is -0.116. The number of benzene rings is 1. The number of morpholine rings is 1. The molecule has 1 aliphatic heterocycles. The van der Waals surface area contributed by atoms with Crippen LogP contribution in [0.4, 0.5) is 5.69 Å². The predicted octanol–water partition coefficient (Wildman–Crippen LogP) is 2.82. The Morgan fingerprint density at radius 2 is 2.16 bits per heavy atom. The molecule has 0 saturated carbocycles. The van der Waals surface area contributed by atoms with Gasteiger partial charge in [-0.05, 0) is 40.5 Å². The second kappa shape index (κ2) is 8.60. The Balaban J connectivity index is 1.51. The van der Waals surface area contributed by atoms with E-state index in [1.807, 2.05) is 31.3 Å². The van der Waals surface area contributed by atoms with E-state index in [-0.39, 0.29) is 5.91 Å². The highest BCUT2D eigenvalue weighted by Gasteiger charge is 2.11. The molecule has 0 atom stereocenters. The monoisotopic (exact) mass is 406 g/mol. The Morgan fingerprint density at radius 1 is 1.36 bits per heavy atom. The van der Waals surface area contributed by atoms with Gasteiger partial charge >= 0.3 is 0 Å². The second-order valence-corrected chi connectivity index (χ2v) is 7.07. The lowest BCUT2D eigenvalue weighted by atomic mass is 10.1. The Bertz CT molecular complexity index is 706. The highest BCUT2D eigenvalue weighted by molar-refractivity contribution is 9.10. The molecule has 2 aromatic rings. The maximum atomic E-state index is 12.2. The van der Waals surface area contributed by atoms with Gasteiger partial charge in [-0.15, -0.1) is 0 Å². The topological polar surface area (TPSA) is 59.4 Å². The van der Waals surface area contributed by atoms with Gasteiger partial charge in [-0.2, -0.15) is 5.10 Å². The number of hydrogen-bond donors (Lipinski definition) is 1. The highest BCUT2D eigenvalue weighted by atomic mass is 79.9. The van der Waals surface area contributed by atoms with Crippen LogP contribution < -0.4 is 5.32 Å². The number of carbonyl (C=O) groups excluding carboxylic acids is 1. The lowest BCUT2D eigenvalue weighted by Gasteiger charge is -2.26. The Labute approximate surface area is 156 Å². The third-order valence-corrected chi connectivity index (χ3v) is 4.95. The van der Waals surface area contributed by atoms with Crippen LogP contribution in [-0.2, 0) is 22.6 Å². The molecule has 1 N–H and O–H groups in total. The summed E-state index contributed by atoms with van der Waals surface area (Å²) in [6, 6.07) is 8.05. The molecular weight excluding hydrogens is 384 g/mol. The standard InChI is InChI=1S/C18H23BrN4O2/c1-14-17(19)13-23(21-14)6-5-18(24)20-16-4-2-3-15(11-16)12-22-7-9-25-10-8-22/h2-4,11,13H,5-10,12H2,1H3,(H,20,24). The number of halogens is 1. The summed E-state index contributed by atoms with van der Waals surface area (Å²) in [4.78, 5) is 14.6. The summed E-state index contributed by atoms with van der Waals surface area (Å²) >= 11 is 3.43. The van der Waals surface area contributed by atoms with Gasteiger partial charge in [0.2, 0.25) is 5.91 Å². The zero-order valence-electron chi connectivity index (χ0n) is 14.4. The fourth-order valence-electron chi connectivity index (χ4n) is 2.81. The van der Waals surface area contributed by atoms with Crippen LogP contribution in [0, 0.1) is 6.92 Å². The van der Waals surface area contributed by atoms with Crippen molar-refractivity contribution in [2.24, 2.45) is 0 Å². The van der Waals surface area contributed by atoms with Gasteiger partial charge in [-0.1, -0.05) is 12.1 Å². The highest BCUT2D eigenvalue weighted by Crippen LogP contribution is 2.15. The minimum absolute atomic E-state index is 0.00667. The molecule has 1 fully saturated rings.